The average Bonchev–Trinajstić information content (AvgIpc) is 2.55. The quantitative estimate of drug-likeness (QED) is 0.658. The molecule has 2 rings (SSSR count). The van der Waals surface area contributed by atoms with E-state index < -0.39 is 29.3 Å². The maximum absolute atomic E-state index is 13.1. The van der Waals surface area contributed by atoms with Crippen LogP contribution in [0.25, 0.3) is 0 Å². The van der Waals surface area contributed by atoms with Crippen LogP contribution in [0.1, 0.15) is 10.4 Å². The van der Waals surface area contributed by atoms with Gasteiger partial charge in [-0.2, -0.15) is 0 Å². The second kappa shape index (κ2) is 4.60. The molecule has 98 valence electrons. The molecule has 0 radical (unpaired) electrons. The summed E-state index contributed by atoms with van der Waals surface area (Å²) in [4.78, 5) is 34.3. The molecule has 0 atom stereocenters. The number of carbonyl (C=O) groups excluding carboxylic acids is 2. The molecule has 0 spiro atoms. The maximum atomic E-state index is 13.1. The van der Waals surface area contributed by atoms with Crippen molar-refractivity contribution in [3.63, 3.8) is 0 Å². The lowest BCUT2D eigenvalue weighted by Gasteiger charge is -2.13. The minimum absolute atomic E-state index is 0.0658. The lowest BCUT2D eigenvalue weighted by atomic mass is 10.1. The highest BCUT2D eigenvalue weighted by Crippen LogP contribution is 2.30. The van der Waals surface area contributed by atoms with Crippen LogP contribution in [0.4, 0.5) is 14.5 Å². The number of hydrogen-bond acceptors (Lipinski definition) is 3. The van der Waals surface area contributed by atoms with Crippen LogP contribution in [-0.4, -0.2) is 29.3 Å². The monoisotopic (exact) mass is 267 g/mol. The van der Waals surface area contributed by atoms with Crippen LogP contribution in [-0.2, 0) is 9.59 Å². The summed E-state index contributed by atoms with van der Waals surface area (Å²) in [6, 6.07) is 1.40. The van der Waals surface area contributed by atoms with Gasteiger partial charge in [0.05, 0.1) is 11.3 Å². The van der Waals surface area contributed by atoms with Crippen molar-refractivity contribution in [2.24, 2.45) is 0 Å². The molecule has 19 heavy (non-hydrogen) atoms. The van der Waals surface area contributed by atoms with E-state index in [0.717, 1.165) is 23.1 Å². The molecule has 0 unspecified atom stereocenters. The topological polar surface area (TPSA) is 74.7 Å². The number of halogens is 2. The Morgan fingerprint density at radius 2 is 1.89 bits per heavy atom. The number of rotatable bonds is 3. The molecule has 1 aliphatic rings. The summed E-state index contributed by atoms with van der Waals surface area (Å²) < 4.78 is 26.1. The molecule has 0 saturated carbocycles. The molecule has 5 nitrogen and oxygen atoms in total. The molecular weight excluding hydrogens is 260 g/mol. The largest absolute Gasteiger partial charge is 0.478 e. The Balaban J connectivity index is 2.38. The molecule has 0 saturated heterocycles. The second-order valence-corrected chi connectivity index (χ2v) is 3.77. The van der Waals surface area contributed by atoms with Crippen LogP contribution >= 0.6 is 0 Å². The van der Waals surface area contributed by atoms with Crippen LogP contribution in [0.2, 0.25) is 0 Å². The lowest BCUT2D eigenvalue weighted by Crippen LogP contribution is -2.29. The lowest BCUT2D eigenvalue weighted by molar-refractivity contribution is -0.131. The first-order valence-corrected chi connectivity index (χ1v) is 5.16. The summed E-state index contributed by atoms with van der Waals surface area (Å²) in [5, 5.41) is 8.41. The minimum Gasteiger partial charge on any atom is -0.478 e. The third-order valence-electron chi connectivity index (χ3n) is 2.56. The summed E-state index contributed by atoms with van der Waals surface area (Å²) in [5.74, 6) is -5.52. The molecule has 0 aliphatic carbocycles. The Morgan fingerprint density at radius 3 is 2.53 bits per heavy atom. The molecule has 1 aromatic rings. The van der Waals surface area contributed by atoms with Crippen LogP contribution in [0.5, 0.6) is 0 Å². The Bertz CT molecular complexity index is 624. The molecule has 1 heterocycles. The van der Waals surface area contributed by atoms with Gasteiger partial charge in [-0.05, 0) is 6.07 Å². The first-order chi connectivity index (χ1) is 8.91. The average molecular weight is 267 g/mol. The third kappa shape index (κ3) is 2.22. The van der Waals surface area contributed by atoms with Crippen molar-refractivity contribution in [3.05, 3.63) is 41.5 Å². The van der Waals surface area contributed by atoms with Crippen LogP contribution in [0, 0.1) is 11.6 Å². The number of nitrogens with zero attached hydrogens (tertiary/aromatic N) is 1. The number of benzene rings is 1. The fraction of sp³-hybridized carbons (Fsp3) is 0.0833. The van der Waals surface area contributed by atoms with Crippen molar-refractivity contribution in [3.8, 4) is 0 Å². The van der Waals surface area contributed by atoms with E-state index in [4.69, 9.17) is 5.11 Å². The van der Waals surface area contributed by atoms with Crippen molar-refractivity contribution in [2.45, 2.75) is 0 Å². The molecule has 1 aromatic carbocycles. The van der Waals surface area contributed by atoms with E-state index in [1.807, 2.05) is 0 Å². The van der Waals surface area contributed by atoms with E-state index in [9.17, 15) is 23.2 Å². The number of hydrogen-bond donors (Lipinski definition) is 1. The first kappa shape index (κ1) is 12.9. The molecule has 7 heteroatoms. The Morgan fingerprint density at radius 1 is 1.26 bits per heavy atom. The van der Waals surface area contributed by atoms with E-state index in [0.29, 0.717) is 6.07 Å². The summed E-state index contributed by atoms with van der Waals surface area (Å²) in [6.07, 6.45) is 1.92. The van der Waals surface area contributed by atoms with Gasteiger partial charge in [-0.25, -0.2) is 13.6 Å². The highest BCUT2D eigenvalue weighted by molar-refractivity contribution is 6.52. The SMILES string of the molecule is O=C(O)/C=C/CN1C(=O)C(=O)c2cc(F)c(F)cc21. The Labute approximate surface area is 105 Å². The zero-order valence-electron chi connectivity index (χ0n) is 9.39. The fourth-order valence-electron chi connectivity index (χ4n) is 1.73. The molecule has 1 N–H and O–H groups in total. The van der Waals surface area contributed by atoms with Gasteiger partial charge in [0.1, 0.15) is 0 Å². The summed E-state index contributed by atoms with van der Waals surface area (Å²) in [5.41, 5.74) is -0.295. The van der Waals surface area contributed by atoms with Crippen molar-refractivity contribution < 1.29 is 28.3 Å². The number of carboxylic acid groups (broad SMARTS) is 1. The van der Waals surface area contributed by atoms with Gasteiger partial charge in [0.15, 0.2) is 11.6 Å². The highest BCUT2D eigenvalue weighted by atomic mass is 19.2. The fourth-order valence-corrected chi connectivity index (χ4v) is 1.73. The van der Waals surface area contributed by atoms with Gasteiger partial charge < -0.3 is 10.0 Å². The number of amides is 1. The molecule has 1 amide bonds. The predicted octanol–water partition coefficient (Wildman–Crippen LogP) is 1.13. The Hall–Kier alpha value is -2.57. The number of anilines is 1. The Kier molecular flexibility index (Phi) is 3.12. The van der Waals surface area contributed by atoms with Gasteiger partial charge in [0.25, 0.3) is 11.7 Å². The van der Waals surface area contributed by atoms with Crippen LogP contribution in [0.3, 0.4) is 0 Å². The van der Waals surface area contributed by atoms with E-state index in [2.05, 4.69) is 0 Å². The molecule has 0 aromatic heterocycles. The van der Waals surface area contributed by atoms with Crippen molar-refractivity contribution in [2.75, 3.05) is 11.4 Å². The van der Waals surface area contributed by atoms with Crippen LogP contribution in [0.15, 0.2) is 24.3 Å². The summed E-state index contributed by atoms with van der Waals surface area (Å²) in [7, 11) is 0. The normalized spacial score (nSPS) is 14.3. The van der Waals surface area contributed by atoms with Gasteiger partial charge in [-0.1, -0.05) is 6.08 Å². The van der Waals surface area contributed by atoms with E-state index in [1.165, 1.54) is 0 Å². The van der Waals surface area contributed by atoms with Gasteiger partial charge in [0, 0.05) is 18.7 Å². The number of aliphatic carboxylic acids is 1. The van der Waals surface area contributed by atoms with E-state index >= 15 is 0 Å². The highest BCUT2D eigenvalue weighted by Gasteiger charge is 2.36. The second-order valence-electron chi connectivity index (χ2n) is 3.77. The minimum atomic E-state index is -1.22. The number of fused-ring (bicyclic) bond motifs is 1. The first-order valence-electron chi connectivity index (χ1n) is 5.16. The summed E-state index contributed by atoms with van der Waals surface area (Å²) in [6.45, 7) is -0.213. The number of Topliss-reactive ketones (excluding diaryl/α,β-unsaturated/α-hetero) is 1. The smallest absolute Gasteiger partial charge is 0.328 e. The number of carboxylic acids is 1. The third-order valence-corrected chi connectivity index (χ3v) is 2.56. The summed E-state index contributed by atoms with van der Waals surface area (Å²) >= 11 is 0. The van der Waals surface area contributed by atoms with Crippen molar-refractivity contribution in [1.82, 2.24) is 0 Å². The molecular formula is C12H7F2NO4. The van der Waals surface area contributed by atoms with Crippen molar-refractivity contribution >= 4 is 23.3 Å². The van der Waals surface area contributed by atoms with Crippen LogP contribution < -0.4 is 4.90 Å². The van der Waals surface area contributed by atoms with Gasteiger partial charge in [-0.3, -0.25) is 9.59 Å². The standard InChI is InChI=1S/C12H7F2NO4/c13-7-4-6-9(5-8(7)14)15(12(19)11(6)18)3-1-2-10(16)17/h1-2,4-5H,3H2,(H,16,17)/b2-1+. The molecule has 0 bridgehead atoms. The molecule has 1 aliphatic heterocycles. The van der Waals surface area contributed by atoms with E-state index in [-0.39, 0.29) is 17.8 Å². The van der Waals surface area contributed by atoms with Gasteiger partial charge in [-0.15, -0.1) is 0 Å². The van der Waals surface area contributed by atoms with Gasteiger partial charge in [0.2, 0.25) is 0 Å². The number of ketones is 1. The predicted molar refractivity (Wildman–Crippen MR) is 59.8 cm³/mol. The van der Waals surface area contributed by atoms with Crippen molar-refractivity contribution in [1.29, 1.82) is 0 Å². The zero-order chi connectivity index (χ0) is 14.2. The maximum Gasteiger partial charge on any atom is 0.328 e. The molecule has 0 fully saturated rings. The van der Waals surface area contributed by atoms with Gasteiger partial charge >= 0.3 is 5.97 Å². The van der Waals surface area contributed by atoms with E-state index in [1.54, 1.807) is 0 Å². The number of carbonyl (C=O) groups is 3. The zero-order valence-corrected chi connectivity index (χ0v) is 9.39.